The van der Waals surface area contributed by atoms with Crippen LogP contribution < -0.4 is 10.1 Å². The van der Waals surface area contributed by atoms with E-state index in [1.165, 1.54) is 43.3 Å². The number of nitrogens with zero attached hydrogens (tertiary/aromatic N) is 1. The van der Waals surface area contributed by atoms with Gasteiger partial charge in [0, 0.05) is 24.9 Å². The molecule has 130 valence electrons. The first-order chi connectivity index (χ1) is 12.0. The van der Waals surface area contributed by atoms with Crippen LogP contribution in [0, 0.1) is 5.82 Å². The fraction of sp³-hybridized carbons (Fsp3) is 0.158. The number of anilines is 1. The lowest BCUT2D eigenvalue weighted by Gasteiger charge is -2.15. The average Bonchev–Trinajstić information content (AvgIpc) is 2.59. The Hall–Kier alpha value is -3.15. The quantitative estimate of drug-likeness (QED) is 0.821. The summed E-state index contributed by atoms with van der Waals surface area (Å²) in [7, 11) is 3.06. The molecule has 0 atom stereocenters. The molecule has 2 rings (SSSR count). The van der Waals surface area contributed by atoms with E-state index in [9.17, 15) is 14.0 Å². The highest BCUT2D eigenvalue weighted by molar-refractivity contribution is 5.97. The number of rotatable bonds is 6. The number of benzene rings is 2. The van der Waals surface area contributed by atoms with Crippen molar-refractivity contribution >= 4 is 23.6 Å². The number of amides is 2. The number of hydrogen-bond donors (Lipinski definition) is 1. The van der Waals surface area contributed by atoms with Gasteiger partial charge in [0.15, 0.2) is 0 Å². The maximum absolute atomic E-state index is 13.1. The molecule has 5 nitrogen and oxygen atoms in total. The van der Waals surface area contributed by atoms with Gasteiger partial charge in [-0.3, -0.25) is 9.59 Å². The molecule has 0 radical (unpaired) electrons. The van der Waals surface area contributed by atoms with E-state index < -0.39 is 0 Å². The topological polar surface area (TPSA) is 58.6 Å². The zero-order valence-corrected chi connectivity index (χ0v) is 14.0. The Morgan fingerprint density at radius 3 is 2.68 bits per heavy atom. The van der Waals surface area contributed by atoms with E-state index in [0.29, 0.717) is 17.0 Å². The van der Waals surface area contributed by atoms with Gasteiger partial charge in [-0.1, -0.05) is 18.2 Å². The van der Waals surface area contributed by atoms with Crippen LogP contribution in [0.5, 0.6) is 5.75 Å². The number of methoxy groups -OCH3 is 1. The molecule has 0 heterocycles. The highest BCUT2D eigenvalue weighted by Crippen LogP contribution is 2.16. The molecule has 1 N–H and O–H groups in total. The highest BCUT2D eigenvalue weighted by Gasteiger charge is 2.11. The minimum Gasteiger partial charge on any atom is -0.497 e. The van der Waals surface area contributed by atoms with Crippen molar-refractivity contribution in [2.24, 2.45) is 0 Å². The van der Waals surface area contributed by atoms with E-state index in [4.69, 9.17) is 4.74 Å². The molecule has 0 saturated heterocycles. The van der Waals surface area contributed by atoms with Gasteiger partial charge in [0.05, 0.1) is 13.7 Å². The number of ether oxygens (including phenoxy) is 1. The summed E-state index contributed by atoms with van der Waals surface area (Å²) in [5, 5.41) is 2.70. The second kappa shape index (κ2) is 8.63. The summed E-state index contributed by atoms with van der Waals surface area (Å²) in [5.41, 5.74) is 1.16. The molecule has 0 aliphatic heterocycles. The van der Waals surface area contributed by atoms with Crippen molar-refractivity contribution in [3.05, 3.63) is 66.0 Å². The molecule has 6 heteroatoms. The first kappa shape index (κ1) is 18.2. The predicted molar refractivity (Wildman–Crippen MR) is 94.7 cm³/mol. The summed E-state index contributed by atoms with van der Waals surface area (Å²) in [5.74, 6) is -0.436. The Balaban J connectivity index is 1.90. The third kappa shape index (κ3) is 5.76. The molecule has 0 unspecified atom stereocenters. The zero-order chi connectivity index (χ0) is 18.2. The average molecular weight is 342 g/mol. The van der Waals surface area contributed by atoms with Gasteiger partial charge in [-0.05, 0) is 35.9 Å². The van der Waals surface area contributed by atoms with Crippen molar-refractivity contribution in [1.29, 1.82) is 0 Å². The van der Waals surface area contributed by atoms with Crippen molar-refractivity contribution in [1.82, 2.24) is 4.90 Å². The second-order valence-corrected chi connectivity index (χ2v) is 5.36. The highest BCUT2D eigenvalue weighted by atomic mass is 19.1. The molecule has 2 aromatic carbocycles. The summed E-state index contributed by atoms with van der Waals surface area (Å²) in [4.78, 5) is 25.3. The fourth-order valence-corrected chi connectivity index (χ4v) is 2.10. The molecule has 2 aromatic rings. The van der Waals surface area contributed by atoms with Gasteiger partial charge in [0.1, 0.15) is 11.6 Å². The van der Waals surface area contributed by atoms with Gasteiger partial charge in [0.2, 0.25) is 11.8 Å². The lowest BCUT2D eigenvalue weighted by Crippen LogP contribution is -2.33. The third-order valence-corrected chi connectivity index (χ3v) is 3.38. The molecular weight excluding hydrogens is 323 g/mol. The van der Waals surface area contributed by atoms with Crippen LogP contribution in [0.15, 0.2) is 54.6 Å². The third-order valence-electron chi connectivity index (χ3n) is 3.38. The van der Waals surface area contributed by atoms with Gasteiger partial charge in [-0.2, -0.15) is 0 Å². The number of hydrogen-bond acceptors (Lipinski definition) is 3. The molecular formula is C19H19FN2O3. The van der Waals surface area contributed by atoms with E-state index in [1.54, 1.807) is 36.4 Å². The summed E-state index contributed by atoms with van der Waals surface area (Å²) < 4.78 is 18.2. The number of carbonyl (C=O) groups excluding carboxylic acids is 2. The minimum atomic E-state index is -0.374. The van der Waals surface area contributed by atoms with E-state index in [1.807, 2.05) is 0 Å². The van der Waals surface area contributed by atoms with Gasteiger partial charge in [-0.25, -0.2) is 4.39 Å². The van der Waals surface area contributed by atoms with Crippen molar-refractivity contribution in [2.45, 2.75) is 0 Å². The lowest BCUT2D eigenvalue weighted by molar-refractivity contribution is -0.129. The first-order valence-corrected chi connectivity index (χ1v) is 7.60. The fourth-order valence-electron chi connectivity index (χ4n) is 2.10. The van der Waals surface area contributed by atoms with Crippen LogP contribution in [0.4, 0.5) is 10.1 Å². The van der Waals surface area contributed by atoms with Crippen LogP contribution in [0.2, 0.25) is 0 Å². The maximum atomic E-state index is 13.1. The molecule has 0 fully saturated rings. The van der Waals surface area contributed by atoms with E-state index >= 15 is 0 Å². The van der Waals surface area contributed by atoms with Crippen LogP contribution in [-0.2, 0) is 9.59 Å². The van der Waals surface area contributed by atoms with Crippen LogP contribution in [-0.4, -0.2) is 37.4 Å². The Morgan fingerprint density at radius 2 is 1.96 bits per heavy atom. The Labute approximate surface area is 145 Å². The van der Waals surface area contributed by atoms with Crippen LogP contribution in [0.1, 0.15) is 5.56 Å². The Kier molecular flexibility index (Phi) is 6.28. The molecule has 25 heavy (non-hydrogen) atoms. The molecule has 0 spiro atoms. The first-order valence-electron chi connectivity index (χ1n) is 7.60. The van der Waals surface area contributed by atoms with Gasteiger partial charge < -0.3 is 15.0 Å². The monoisotopic (exact) mass is 342 g/mol. The van der Waals surface area contributed by atoms with Crippen LogP contribution in [0.3, 0.4) is 0 Å². The Morgan fingerprint density at radius 1 is 1.20 bits per heavy atom. The number of halogens is 1. The van der Waals surface area contributed by atoms with Gasteiger partial charge in [0.25, 0.3) is 0 Å². The summed E-state index contributed by atoms with van der Waals surface area (Å²) in [6, 6.07) is 12.8. The number of carbonyl (C=O) groups is 2. The molecule has 0 saturated carbocycles. The smallest absolute Gasteiger partial charge is 0.246 e. The minimum absolute atomic E-state index is 0.108. The van der Waals surface area contributed by atoms with Crippen molar-refractivity contribution in [3.8, 4) is 5.75 Å². The van der Waals surface area contributed by atoms with Crippen molar-refractivity contribution in [3.63, 3.8) is 0 Å². The molecule has 2 amide bonds. The SMILES string of the molecule is COc1cccc(NC(=O)CN(C)C(=O)/C=C/c2cccc(F)c2)c1. The largest absolute Gasteiger partial charge is 0.497 e. The summed E-state index contributed by atoms with van der Waals surface area (Å²) in [6.45, 7) is -0.108. The standard InChI is InChI=1S/C19H19FN2O3/c1-22(19(24)10-9-14-5-3-6-15(20)11-14)13-18(23)21-16-7-4-8-17(12-16)25-2/h3-12H,13H2,1-2H3,(H,21,23)/b10-9+. The lowest BCUT2D eigenvalue weighted by atomic mass is 10.2. The number of likely N-dealkylation sites (N-methyl/N-ethyl adjacent to an activating group) is 1. The summed E-state index contributed by atoms with van der Waals surface area (Å²) >= 11 is 0. The van der Waals surface area contributed by atoms with Gasteiger partial charge in [-0.15, -0.1) is 0 Å². The molecule has 0 bridgehead atoms. The van der Waals surface area contributed by atoms with Crippen LogP contribution >= 0.6 is 0 Å². The Bertz CT molecular complexity index is 790. The number of nitrogens with one attached hydrogen (secondary N) is 1. The second-order valence-electron chi connectivity index (χ2n) is 5.36. The normalized spacial score (nSPS) is 10.5. The molecule has 0 aromatic heterocycles. The van der Waals surface area contributed by atoms with Crippen LogP contribution in [0.25, 0.3) is 6.08 Å². The molecule has 0 aliphatic rings. The summed E-state index contributed by atoms with van der Waals surface area (Å²) in [6.07, 6.45) is 2.80. The predicted octanol–water partition coefficient (Wildman–Crippen LogP) is 2.94. The maximum Gasteiger partial charge on any atom is 0.246 e. The van der Waals surface area contributed by atoms with E-state index in [2.05, 4.69) is 5.32 Å². The van der Waals surface area contributed by atoms with Crippen molar-refractivity contribution < 1.29 is 18.7 Å². The molecule has 0 aliphatic carbocycles. The van der Waals surface area contributed by atoms with Crippen molar-refractivity contribution in [2.75, 3.05) is 26.0 Å². The zero-order valence-electron chi connectivity index (χ0n) is 14.0. The van der Waals surface area contributed by atoms with Gasteiger partial charge >= 0.3 is 0 Å². The van der Waals surface area contributed by atoms with E-state index in [0.717, 1.165) is 0 Å². The van der Waals surface area contributed by atoms with E-state index in [-0.39, 0.29) is 24.2 Å².